The summed E-state index contributed by atoms with van der Waals surface area (Å²) in [6.45, 7) is 5.56. The average molecular weight is 418 g/mol. The zero-order chi connectivity index (χ0) is 20.4. The highest BCUT2D eigenvalue weighted by molar-refractivity contribution is 7.10. The molecule has 2 aromatic rings. The standard InChI is InChI=1S/C21H23FN2O4S/c1-3-27-21(25)24-11-19-16(7-9-29-19)20(13(24)2)23-17-5-4-14(22)10-18(17)28-15-6-8-26-12-15/h4-5,7,9-10,15,23H,3,6,8,11-12H2,1-2H3. The predicted molar refractivity (Wildman–Crippen MR) is 109 cm³/mol. The maximum atomic E-state index is 13.9. The molecule has 0 spiro atoms. The van der Waals surface area contributed by atoms with Crippen molar-refractivity contribution < 1.29 is 23.4 Å². The van der Waals surface area contributed by atoms with Crippen LogP contribution < -0.4 is 10.1 Å². The monoisotopic (exact) mass is 418 g/mol. The molecule has 1 atom stereocenters. The Labute approximate surface area is 172 Å². The second-order valence-corrected chi connectivity index (χ2v) is 7.87. The van der Waals surface area contributed by atoms with Gasteiger partial charge >= 0.3 is 6.09 Å². The van der Waals surface area contributed by atoms with Gasteiger partial charge in [-0.3, -0.25) is 4.90 Å². The van der Waals surface area contributed by atoms with Crippen LogP contribution in [0.2, 0.25) is 0 Å². The van der Waals surface area contributed by atoms with Gasteiger partial charge in [-0.2, -0.15) is 0 Å². The van der Waals surface area contributed by atoms with Crippen LogP contribution in [0.1, 0.15) is 30.7 Å². The molecule has 1 aromatic carbocycles. The number of rotatable bonds is 5. The number of hydrogen-bond donors (Lipinski definition) is 1. The number of carbonyl (C=O) groups excluding carboxylic acids is 1. The Balaban J connectivity index is 1.68. The Morgan fingerprint density at radius 3 is 3.03 bits per heavy atom. The molecule has 2 aliphatic heterocycles. The van der Waals surface area contributed by atoms with E-state index in [0.717, 1.165) is 28.3 Å². The third-order valence-corrected chi connectivity index (χ3v) is 5.86. The lowest BCUT2D eigenvalue weighted by Gasteiger charge is -2.30. The first kappa shape index (κ1) is 19.7. The number of halogens is 1. The second kappa shape index (κ2) is 8.42. The Morgan fingerprint density at radius 2 is 2.28 bits per heavy atom. The molecule has 0 radical (unpaired) electrons. The second-order valence-electron chi connectivity index (χ2n) is 6.87. The highest BCUT2D eigenvalue weighted by Gasteiger charge is 2.29. The van der Waals surface area contributed by atoms with Gasteiger partial charge in [-0.05, 0) is 37.4 Å². The molecule has 0 saturated carbocycles. The van der Waals surface area contributed by atoms with E-state index in [4.69, 9.17) is 14.2 Å². The van der Waals surface area contributed by atoms with E-state index >= 15 is 0 Å². The number of allylic oxidation sites excluding steroid dienone is 1. The first-order valence-electron chi connectivity index (χ1n) is 9.59. The Morgan fingerprint density at radius 1 is 1.41 bits per heavy atom. The number of thiophene rings is 1. The Bertz CT molecular complexity index is 937. The van der Waals surface area contributed by atoms with E-state index in [2.05, 4.69) is 5.32 Å². The molecule has 3 heterocycles. The molecule has 1 unspecified atom stereocenters. The van der Waals surface area contributed by atoms with Crippen molar-refractivity contribution >= 4 is 28.8 Å². The van der Waals surface area contributed by atoms with Crippen LogP contribution >= 0.6 is 11.3 Å². The normalized spacial score (nSPS) is 18.6. The smallest absolute Gasteiger partial charge is 0.414 e. The fraction of sp³-hybridized carbons (Fsp3) is 0.381. The van der Waals surface area contributed by atoms with Gasteiger partial charge in [0.2, 0.25) is 0 Å². The molecule has 1 amide bonds. The van der Waals surface area contributed by atoms with Crippen LogP contribution in [-0.2, 0) is 16.0 Å². The predicted octanol–water partition coefficient (Wildman–Crippen LogP) is 4.83. The van der Waals surface area contributed by atoms with Gasteiger partial charge in [0.15, 0.2) is 0 Å². The van der Waals surface area contributed by atoms with Crippen molar-refractivity contribution in [2.75, 3.05) is 25.1 Å². The molecule has 2 aliphatic rings. The van der Waals surface area contributed by atoms with Gasteiger partial charge in [0.25, 0.3) is 0 Å². The summed E-state index contributed by atoms with van der Waals surface area (Å²) in [7, 11) is 0. The molecule has 0 bridgehead atoms. The molecule has 154 valence electrons. The highest BCUT2D eigenvalue weighted by atomic mass is 32.1. The largest absolute Gasteiger partial charge is 0.486 e. The van der Waals surface area contributed by atoms with E-state index in [9.17, 15) is 9.18 Å². The molecule has 29 heavy (non-hydrogen) atoms. The van der Waals surface area contributed by atoms with Gasteiger partial charge in [0, 0.05) is 28.6 Å². The molecular weight excluding hydrogens is 395 g/mol. The van der Waals surface area contributed by atoms with Crippen LogP contribution in [0.5, 0.6) is 5.75 Å². The van der Waals surface area contributed by atoms with Gasteiger partial charge in [0.1, 0.15) is 17.7 Å². The summed E-state index contributed by atoms with van der Waals surface area (Å²) >= 11 is 1.58. The van der Waals surface area contributed by atoms with Crippen molar-refractivity contribution in [3.05, 3.63) is 51.6 Å². The zero-order valence-electron chi connectivity index (χ0n) is 16.4. The van der Waals surface area contributed by atoms with Crippen LogP contribution in [-0.4, -0.2) is 36.9 Å². The average Bonchev–Trinajstić information content (AvgIpc) is 3.37. The first-order valence-corrected chi connectivity index (χ1v) is 10.5. The molecule has 0 aliphatic carbocycles. The first-order chi connectivity index (χ1) is 14.1. The molecule has 4 rings (SSSR count). The number of carbonyl (C=O) groups is 1. The Hall–Kier alpha value is -2.58. The van der Waals surface area contributed by atoms with E-state index < -0.39 is 0 Å². The van der Waals surface area contributed by atoms with E-state index in [1.807, 2.05) is 18.4 Å². The summed E-state index contributed by atoms with van der Waals surface area (Å²) in [5, 5.41) is 5.37. The summed E-state index contributed by atoms with van der Waals surface area (Å²) < 4.78 is 30.5. The number of nitrogens with zero attached hydrogens (tertiary/aromatic N) is 1. The van der Waals surface area contributed by atoms with Crippen molar-refractivity contribution in [3.63, 3.8) is 0 Å². The van der Waals surface area contributed by atoms with Crippen LogP contribution in [0.15, 0.2) is 35.3 Å². The molecule has 1 N–H and O–H groups in total. The number of nitrogens with one attached hydrogen (secondary N) is 1. The van der Waals surface area contributed by atoms with Crippen molar-refractivity contribution in [3.8, 4) is 5.75 Å². The summed E-state index contributed by atoms with van der Waals surface area (Å²) in [5.74, 6) is 0.0500. The van der Waals surface area contributed by atoms with E-state index in [0.29, 0.717) is 37.8 Å². The number of anilines is 1. The van der Waals surface area contributed by atoms with Gasteiger partial charge in [-0.15, -0.1) is 11.3 Å². The quantitative estimate of drug-likeness (QED) is 0.754. The maximum absolute atomic E-state index is 13.9. The van der Waals surface area contributed by atoms with Crippen LogP contribution in [0.4, 0.5) is 14.9 Å². The minimum Gasteiger partial charge on any atom is -0.486 e. The fourth-order valence-electron chi connectivity index (χ4n) is 3.46. The lowest BCUT2D eigenvalue weighted by Crippen LogP contribution is -2.33. The van der Waals surface area contributed by atoms with Crippen LogP contribution in [0.25, 0.3) is 5.70 Å². The van der Waals surface area contributed by atoms with Gasteiger partial charge in [0.05, 0.1) is 37.7 Å². The number of ether oxygens (including phenoxy) is 3. The van der Waals surface area contributed by atoms with Crippen LogP contribution in [0, 0.1) is 5.82 Å². The van der Waals surface area contributed by atoms with Crippen LogP contribution in [0.3, 0.4) is 0 Å². The zero-order valence-corrected chi connectivity index (χ0v) is 17.2. The fourth-order valence-corrected chi connectivity index (χ4v) is 4.32. The van der Waals surface area contributed by atoms with Crippen molar-refractivity contribution in [2.24, 2.45) is 0 Å². The summed E-state index contributed by atoms with van der Waals surface area (Å²) in [6.07, 6.45) is 0.275. The number of fused-ring (bicyclic) bond motifs is 1. The van der Waals surface area contributed by atoms with Crippen molar-refractivity contribution in [1.29, 1.82) is 0 Å². The van der Waals surface area contributed by atoms with Crippen molar-refractivity contribution in [2.45, 2.75) is 32.9 Å². The molecule has 1 saturated heterocycles. The minimum atomic E-state index is -0.387. The van der Waals surface area contributed by atoms with E-state index in [1.165, 1.54) is 12.1 Å². The lowest BCUT2D eigenvalue weighted by atomic mass is 10.1. The molecule has 8 heteroatoms. The van der Waals surface area contributed by atoms with E-state index in [-0.39, 0.29) is 18.0 Å². The molecular formula is C21H23FN2O4S. The van der Waals surface area contributed by atoms with Gasteiger partial charge in [-0.1, -0.05) is 0 Å². The lowest BCUT2D eigenvalue weighted by molar-refractivity contribution is 0.116. The molecule has 1 aromatic heterocycles. The number of hydrogen-bond acceptors (Lipinski definition) is 6. The highest BCUT2D eigenvalue weighted by Crippen LogP contribution is 2.38. The van der Waals surface area contributed by atoms with E-state index in [1.54, 1.807) is 29.2 Å². The summed E-state index contributed by atoms with van der Waals surface area (Å²) in [6, 6.07) is 6.42. The molecule has 1 fully saturated rings. The maximum Gasteiger partial charge on any atom is 0.414 e. The Kier molecular flexibility index (Phi) is 5.73. The van der Waals surface area contributed by atoms with Gasteiger partial charge < -0.3 is 19.5 Å². The van der Waals surface area contributed by atoms with Crippen molar-refractivity contribution in [1.82, 2.24) is 4.90 Å². The minimum absolute atomic E-state index is 0.105. The SMILES string of the molecule is CCOC(=O)N1Cc2sccc2C(Nc2ccc(F)cc2OC2CCOC2)=C1C. The third kappa shape index (κ3) is 4.09. The third-order valence-electron chi connectivity index (χ3n) is 4.96. The summed E-state index contributed by atoms with van der Waals surface area (Å²) in [4.78, 5) is 15.1. The topological polar surface area (TPSA) is 60.0 Å². The number of amides is 1. The molecule has 6 nitrogen and oxygen atoms in total. The van der Waals surface area contributed by atoms with Gasteiger partial charge in [-0.25, -0.2) is 9.18 Å². The number of benzene rings is 1. The summed E-state index contributed by atoms with van der Waals surface area (Å²) in [5.41, 5.74) is 3.18.